The molecule has 0 fully saturated rings. The maximum absolute atomic E-state index is 13.8. The Bertz CT molecular complexity index is 573. The fraction of sp³-hybridized carbons (Fsp3) is 0.250. The summed E-state index contributed by atoms with van der Waals surface area (Å²) in [4.78, 5) is 0. The lowest BCUT2D eigenvalue weighted by Crippen LogP contribution is -1.96. The molecule has 2 aromatic carbocycles. The quantitative estimate of drug-likeness (QED) is 0.840. The van der Waals surface area contributed by atoms with Gasteiger partial charge in [0.15, 0.2) is 0 Å². The fourth-order valence-electron chi connectivity index (χ4n) is 1.97. The van der Waals surface area contributed by atoms with Crippen molar-refractivity contribution in [1.29, 1.82) is 0 Å². The Balaban J connectivity index is 2.45. The van der Waals surface area contributed by atoms with Crippen molar-refractivity contribution in [2.45, 2.75) is 26.9 Å². The molecule has 18 heavy (non-hydrogen) atoms. The molecule has 1 N–H and O–H groups in total. The molecule has 0 heterocycles. The minimum atomic E-state index is -0.779. The van der Waals surface area contributed by atoms with Crippen LogP contribution in [0.15, 0.2) is 36.4 Å². The van der Waals surface area contributed by atoms with Crippen molar-refractivity contribution >= 4 is 0 Å². The lowest BCUT2D eigenvalue weighted by molar-refractivity contribution is 0.194. The summed E-state index contributed by atoms with van der Waals surface area (Å²) in [6.45, 7) is 5.66. The van der Waals surface area contributed by atoms with Crippen molar-refractivity contribution in [3.8, 4) is 11.1 Å². The second-order valence-electron chi connectivity index (χ2n) is 4.71. The first kappa shape index (κ1) is 12.8. The van der Waals surface area contributed by atoms with Crippen LogP contribution in [0.5, 0.6) is 0 Å². The summed E-state index contributed by atoms with van der Waals surface area (Å²) in [6.07, 6.45) is -0.779. The van der Waals surface area contributed by atoms with Crippen molar-refractivity contribution in [1.82, 2.24) is 0 Å². The minimum absolute atomic E-state index is 0.336. The number of benzene rings is 2. The average molecular weight is 244 g/mol. The highest BCUT2D eigenvalue weighted by molar-refractivity contribution is 5.65. The molecule has 1 nitrogen and oxygen atoms in total. The van der Waals surface area contributed by atoms with E-state index in [2.05, 4.69) is 6.92 Å². The van der Waals surface area contributed by atoms with Crippen LogP contribution in [0.1, 0.15) is 29.7 Å². The summed E-state index contributed by atoms with van der Waals surface area (Å²) in [5, 5.41) is 9.41. The molecule has 94 valence electrons. The number of aliphatic hydroxyl groups excluding tert-OH is 1. The molecule has 1 atom stereocenters. The van der Waals surface area contributed by atoms with Gasteiger partial charge in [0.2, 0.25) is 0 Å². The topological polar surface area (TPSA) is 20.2 Å². The molecule has 0 aliphatic rings. The summed E-state index contributed by atoms with van der Waals surface area (Å²) in [5.74, 6) is -0.360. The molecule has 0 aliphatic carbocycles. The van der Waals surface area contributed by atoms with E-state index in [1.807, 2.05) is 31.2 Å². The summed E-state index contributed by atoms with van der Waals surface area (Å²) >= 11 is 0. The van der Waals surface area contributed by atoms with Crippen molar-refractivity contribution < 1.29 is 9.50 Å². The van der Waals surface area contributed by atoms with Gasteiger partial charge in [-0.15, -0.1) is 0 Å². The molecule has 0 aliphatic heterocycles. The van der Waals surface area contributed by atoms with Gasteiger partial charge in [0.1, 0.15) is 5.82 Å². The highest BCUT2D eigenvalue weighted by Crippen LogP contribution is 2.26. The molecule has 0 amide bonds. The van der Waals surface area contributed by atoms with Gasteiger partial charge in [0, 0.05) is 5.56 Å². The first-order valence-electron chi connectivity index (χ1n) is 6.04. The van der Waals surface area contributed by atoms with Crippen LogP contribution in [-0.2, 0) is 0 Å². The lowest BCUT2D eigenvalue weighted by atomic mass is 9.98. The van der Waals surface area contributed by atoms with Gasteiger partial charge in [0.25, 0.3) is 0 Å². The summed E-state index contributed by atoms with van der Waals surface area (Å²) in [6, 6.07) is 11.0. The minimum Gasteiger partial charge on any atom is -0.389 e. The SMILES string of the molecule is Cc1ccc(-c2ccc([C@H](C)O)c(F)c2)cc1C. The van der Waals surface area contributed by atoms with Crippen molar-refractivity contribution in [3.05, 3.63) is 58.9 Å². The molecule has 0 saturated heterocycles. The number of halogens is 1. The summed E-state index contributed by atoms with van der Waals surface area (Å²) < 4.78 is 13.8. The van der Waals surface area contributed by atoms with E-state index < -0.39 is 6.10 Å². The third-order valence-corrected chi connectivity index (χ3v) is 3.29. The van der Waals surface area contributed by atoms with Crippen LogP contribution in [0.3, 0.4) is 0 Å². The van der Waals surface area contributed by atoms with Crippen molar-refractivity contribution in [2.75, 3.05) is 0 Å². The zero-order valence-electron chi connectivity index (χ0n) is 10.9. The van der Waals surface area contributed by atoms with E-state index in [0.717, 1.165) is 11.1 Å². The molecule has 2 rings (SSSR count). The highest BCUT2D eigenvalue weighted by Gasteiger charge is 2.09. The average Bonchev–Trinajstić information content (AvgIpc) is 2.32. The molecular formula is C16H17FO. The van der Waals surface area contributed by atoms with Gasteiger partial charge < -0.3 is 5.11 Å². The van der Waals surface area contributed by atoms with Crippen LogP contribution in [0.2, 0.25) is 0 Å². The Morgan fingerprint density at radius 3 is 2.11 bits per heavy atom. The van der Waals surface area contributed by atoms with Gasteiger partial charge in [-0.2, -0.15) is 0 Å². The Morgan fingerprint density at radius 2 is 1.56 bits per heavy atom. The van der Waals surface area contributed by atoms with E-state index in [9.17, 15) is 9.50 Å². The zero-order chi connectivity index (χ0) is 13.3. The molecule has 0 bridgehead atoms. The van der Waals surface area contributed by atoms with Crippen LogP contribution in [0.25, 0.3) is 11.1 Å². The second-order valence-corrected chi connectivity index (χ2v) is 4.71. The monoisotopic (exact) mass is 244 g/mol. The number of rotatable bonds is 2. The van der Waals surface area contributed by atoms with Gasteiger partial charge >= 0.3 is 0 Å². The number of aliphatic hydroxyl groups is 1. The van der Waals surface area contributed by atoms with Crippen molar-refractivity contribution in [3.63, 3.8) is 0 Å². The van der Waals surface area contributed by atoms with E-state index in [1.54, 1.807) is 13.0 Å². The second kappa shape index (κ2) is 4.91. The van der Waals surface area contributed by atoms with Gasteiger partial charge in [-0.3, -0.25) is 0 Å². The van der Waals surface area contributed by atoms with E-state index in [0.29, 0.717) is 5.56 Å². The zero-order valence-corrected chi connectivity index (χ0v) is 10.9. The van der Waals surface area contributed by atoms with Crippen LogP contribution in [-0.4, -0.2) is 5.11 Å². The molecule has 0 radical (unpaired) electrons. The number of hydrogen-bond acceptors (Lipinski definition) is 1. The van der Waals surface area contributed by atoms with Crippen LogP contribution in [0, 0.1) is 19.7 Å². The maximum atomic E-state index is 13.8. The first-order chi connectivity index (χ1) is 8.49. The largest absolute Gasteiger partial charge is 0.389 e. The third kappa shape index (κ3) is 2.44. The van der Waals surface area contributed by atoms with E-state index >= 15 is 0 Å². The third-order valence-electron chi connectivity index (χ3n) is 3.29. The molecule has 0 unspecified atom stereocenters. The number of aryl methyl sites for hydroxylation is 2. The van der Waals surface area contributed by atoms with Gasteiger partial charge in [-0.25, -0.2) is 4.39 Å². The van der Waals surface area contributed by atoms with Crippen LogP contribution < -0.4 is 0 Å². The lowest BCUT2D eigenvalue weighted by Gasteiger charge is -2.10. The Morgan fingerprint density at radius 1 is 0.944 bits per heavy atom. The standard InChI is InChI=1S/C16H17FO/c1-10-4-5-13(8-11(10)2)14-6-7-15(12(3)18)16(17)9-14/h4-9,12,18H,1-3H3/t12-/m0/s1. The maximum Gasteiger partial charge on any atom is 0.129 e. The fourth-order valence-corrected chi connectivity index (χ4v) is 1.97. The molecule has 0 aromatic heterocycles. The molecule has 0 saturated carbocycles. The van der Waals surface area contributed by atoms with Crippen molar-refractivity contribution in [2.24, 2.45) is 0 Å². The number of hydrogen-bond donors (Lipinski definition) is 1. The van der Waals surface area contributed by atoms with Crippen LogP contribution in [0.4, 0.5) is 4.39 Å². The molecule has 2 heteroatoms. The van der Waals surface area contributed by atoms with Gasteiger partial charge in [0.05, 0.1) is 6.10 Å². The Labute approximate surface area is 107 Å². The molecule has 0 spiro atoms. The summed E-state index contributed by atoms with van der Waals surface area (Å²) in [5.41, 5.74) is 4.57. The highest BCUT2D eigenvalue weighted by atomic mass is 19.1. The predicted molar refractivity (Wildman–Crippen MR) is 71.9 cm³/mol. The van der Waals surface area contributed by atoms with Gasteiger partial charge in [-0.05, 0) is 49.1 Å². The summed E-state index contributed by atoms with van der Waals surface area (Å²) in [7, 11) is 0. The normalized spacial score (nSPS) is 12.5. The smallest absolute Gasteiger partial charge is 0.129 e. The Kier molecular flexibility index (Phi) is 3.48. The van der Waals surface area contributed by atoms with E-state index in [-0.39, 0.29) is 5.82 Å². The van der Waals surface area contributed by atoms with E-state index in [4.69, 9.17) is 0 Å². The molecule has 2 aromatic rings. The Hall–Kier alpha value is -1.67. The van der Waals surface area contributed by atoms with Gasteiger partial charge in [-0.1, -0.05) is 30.3 Å². The predicted octanol–water partition coefficient (Wildman–Crippen LogP) is 4.16. The first-order valence-corrected chi connectivity index (χ1v) is 6.04. The van der Waals surface area contributed by atoms with Crippen LogP contribution >= 0.6 is 0 Å². The molecular weight excluding hydrogens is 227 g/mol. The van der Waals surface area contributed by atoms with E-state index in [1.165, 1.54) is 17.2 Å².